The zero-order valence-corrected chi connectivity index (χ0v) is 18.5. The smallest absolute Gasteiger partial charge is 0.268 e. The van der Waals surface area contributed by atoms with Gasteiger partial charge in [0.05, 0.1) is 6.54 Å². The van der Waals surface area contributed by atoms with E-state index in [1.54, 1.807) is 24.3 Å². The topological polar surface area (TPSA) is 110 Å². The predicted molar refractivity (Wildman–Crippen MR) is 126 cm³/mol. The molecule has 0 saturated heterocycles. The molecule has 1 amide bonds. The summed E-state index contributed by atoms with van der Waals surface area (Å²) < 4.78 is 1.89. The average molecular weight is 458 g/mol. The summed E-state index contributed by atoms with van der Waals surface area (Å²) in [6.07, 6.45) is 3.56. The van der Waals surface area contributed by atoms with E-state index in [2.05, 4.69) is 5.32 Å². The Kier molecular flexibility index (Phi) is 6.23. The number of aromatic nitrogens is 1. The molecule has 1 fully saturated rings. The molecule has 0 bridgehead atoms. The van der Waals surface area contributed by atoms with E-state index >= 15 is 0 Å². The summed E-state index contributed by atoms with van der Waals surface area (Å²) >= 11 is 12.8. The lowest BCUT2D eigenvalue weighted by Gasteiger charge is -2.27. The summed E-state index contributed by atoms with van der Waals surface area (Å²) in [5.74, 6) is -0.181. The van der Waals surface area contributed by atoms with Crippen molar-refractivity contribution in [3.05, 3.63) is 69.3 Å². The molecule has 2 aromatic carbocycles. The molecule has 6 nitrogen and oxygen atoms in total. The predicted octanol–water partition coefficient (Wildman–Crippen LogP) is 4.28. The minimum Gasteiger partial charge on any atom is -0.384 e. The molecule has 3 aromatic rings. The highest BCUT2D eigenvalue weighted by atomic mass is 35.5. The van der Waals surface area contributed by atoms with E-state index in [1.165, 1.54) is 0 Å². The van der Waals surface area contributed by atoms with Gasteiger partial charge in [-0.3, -0.25) is 10.2 Å². The summed E-state index contributed by atoms with van der Waals surface area (Å²) in [6.45, 7) is 0.321. The van der Waals surface area contributed by atoms with E-state index in [4.69, 9.17) is 40.1 Å². The van der Waals surface area contributed by atoms with Gasteiger partial charge in [0.2, 0.25) is 0 Å². The van der Waals surface area contributed by atoms with Crippen LogP contribution in [0, 0.1) is 5.41 Å². The first-order chi connectivity index (χ1) is 14.8. The van der Waals surface area contributed by atoms with Crippen LogP contribution >= 0.6 is 23.2 Å². The van der Waals surface area contributed by atoms with Gasteiger partial charge >= 0.3 is 0 Å². The Morgan fingerprint density at radius 1 is 1.10 bits per heavy atom. The molecule has 31 heavy (non-hydrogen) atoms. The third-order valence-corrected chi connectivity index (χ3v) is 6.64. The van der Waals surface area contributed by atoms with Gasteiger partial charge in [-0.05, 0) is 49.9 Å². The van der Waals surface area contributed by atoms with Crippen molar-refractivity contribution in [2.24, 2.45) is 11.5 Å². The quantitative estimate of drug-likeness (QED) is 0.338. The standard InChI is InChI=1S/C23H25Cl2N5O/c24-18-2-1-3-19(25)17(18)12-30-20-11-14(22(27)28)5-4-13(20)10-21(30)23(31)29-16-8-6-15(26)7-9-16/h1-5,10-11,15-16H,6-9,12,26H2,(H3,27,28)(H,29,31)/t15-,16-. The number of nitrogen functional groups attached to an aromatic ring is 1. The maximum Gasteiger partial charge on any atom is 0.268 e. The van der Waals surface area contributed by atoms with Crippen LogP contribution in [0.4, 0.5) is 0 Å². The number of halogens is 2. The van der Waals surface area contributed by atoms with Crippen LogP contribution in [0.3, 0.4) is 0 Å². The highest BCUT2D eigenvalue weighted by Crippen LogP contribution is 2.29. The number of hydrogen-bond acceptors (Lipinski definition) is 3. The summed E-state index contributed by atoms with van der Waals surface area (Å²) in [6, 6.07) is 13.0. The zero-order valence-electron chi connectivity index (χ0n) is 17.0. The summed E-state index contributed by atoms with van der Waals surface area (Å²) in [4.78, 5) is 13.3. The second kappa shape index (κ2) is 8.91. The number of amidine groups is 1. The fraction of sp³-hybridized carbons (Fsp3) is 0.304. The van der Waals surface area contributed by atoms with Gasteiger partial charge in [0.25, 0.3) is 5.91 Å². The zero-order chi connectivity index (χ0) is 22.1. The van der Waals surface area contributed by atoms with E-state index in [-0.39, 0.29) is 23.8 Å². The van der Waals surface area contributed by atoms with Gasteiger partial charge in [-0.15, -0.1) is 0 Å². The van der Waals surface area contributed by atoms with Crippen LogP contribution in [0.1, 0.15) is 47.3 Å². The van der Waals surface area contributed by atoms with E-state index < -0.39 is 0 Å². The van der Waals surface area contributed by atoms with Crippen molar-refractivity contribution in [3.63, 3.8) is 0 Å². The van der Waals surface area contributed by atoms with E-state index in [0.717, 1.165) is 42.1 Å². The molecule has 1 aliphatic carbocycles. The normalized spacial score (nSPS) is 18.8. The maximum absolute atomic E-state index is 13.3. The van der Waals surface area contributed by atoms with Gasteiger partial charge in [0.15, 0.2) is 0 Å². The largest absolute Gasteiger partial charge is 0.384 e. The second-order valence-corrected chi connectivity index (χ2v) is 8.90. The molecule has 162 valence electrons. The monoisotopic (exact) mass is 457 g/mol. The van der Waals surface area contributed by atoms with Crippen LogP contribution in [0.5, 0.6) is 0 Å². The first-order valence-electron chi connectivity index (χ1n) is 10.3. The summed E-state index contributed by atoms with van der Waals surface area (Å²) in [7, 11) is 0. The van der Waals surface area contributed by atoms with Gasteiger partial charge in [0, 0.05) is 44.2 Å². The molecule has 0 unspecified atom stereocenters. The van der Waals surface area contributed by atoms with Crippen LogP contribution in [-0.4, -0.2) is 28.4 Å². The highest BCUT2D eigenvalue weighted by molar-refractivity contribution is 6.36. The van der Waals surface area contributed by atoms with Crippen molar-refractivity contribution in [2.75, 3.05) is 0 Å². The third-order valence-electron chi connectivity index (χ3n) is 5.93. The Balaban J connectivity index is 1.75. The van der Waals surface area contributed by atoms with Crippen molar-refractivity contribution in [2.45, 2.75) is 44.3 Å². The van der Waals surface area contributed by atoms with Gasteiger partial charge in [-0.25, -0.2) is 0 Å². The fourth-order valence-corrected chi connectivity index (χ4v) is 4.66. The molecule has 1 aromatic heterocycles. The maximum atomic E-state index is 13.3. The average Bonchev–Trinajstić information content (AvgIpc) is 3.10. The molecule has 0 atom stereocenters. The third kappa shape index (κ3) is 4.56. The van der Waals surface area contributed by atoms with Gasteiger partial charge in [-0.1, -0.05) is 41.4 Å². The number of hydrogen-bond donors (Lipinski definition) is 4. The number of nitrogens with zero attached hydrogens (tertiary/aromatic N) is 1. The number of benzene rings is 2. The first kappa shape index (κ1) is 21.7. The number of rotatable bonds is 5. The van der Waals surface area contributed by atoms with E-state index in [1.807, 2.05) is 22.8 Å². The van der Waals surface area contributed by atoms with Crippen LogP contribution in [0.15, 0.2) is 42.5 Å². The molecule has 1 heterocycles. The molecular formula is C23H25Cl2N5O. The molecule has 4 rings (SSSR count). The lowest BCUT2D eigenvalue weighted by atomic mass is 9.92. The van der Waals surface area contributed by atoms with Gasteiger partial charge in [-0.2, -0.15) is 0 Å². The van der Waals surface area contributed by atoms with Crippen LogP contribution in [-0.2, 0) is 6.54 Å². The Hall–Kier alpha value is -2.54. The highest BCUT2D eigenvalue weighted by Gasteiger charge is 2.23. The lowest BCUT2D eigenvalue weighted by molar-refractivity contribution is 0.0917. The molecule has 0 radical (unpaired) electrons. The summed E-state index contributed by atoms with van der Waals surface area (Å²) in [5.41, 5.74) is 14.3. The Morgan fingerprint density at radius 3 is 2.42 bits per heavy atom. The van der Waals surface area contributed by atoms with Crippen molar-refractivity contribution >= 4 is 45.8 Å². The van der Waals surface area contributed by atoms with Gasteiger partial charge in [0.1, 0.15) is 11.5 Å². The molecule has 0 spiro atoms. The Bertz CT molecular complexity index is 1130. The SMILES string of the molecule is N=C(N)c1ccc2cc(C(=O)N[C@H]3CC[C@H](N)CC3)n(Cc3c(Cl)cccc3Cl)c2c1. The molecular weight excluding hydrogens is 433 g/mol. The Labute approximate surface area is 191 Å². The number of nitrogens with two attached hydrogens (primary N) is 2. The second-order valence-electron chi connectivity index (χ2n) is 8.09. The first-order valence-corrected chi connectivity index (χ1v) is 11.1. The Morgan fingerprint density at radius 2 is 1.77 bits per heavy atom. The van der Waals surface area contributed by atoms with Crippen LogP contribution in [0.2, 0.25) is 10.0 Å². The number of fused-ring (bicyclic) bond motifs is 1. The van der Waals surface area contributed by atoms with Crippen molar-refractivity contribution in [1.82, 2.24) is 9.88 Å². The minimum absolute atomic E-state index is 0.0324. The van der Waals surface area contributed by atoms with Gasteiger partial charge < -0.3 is 21.4 Å². The number of carbonyl (C=O) groups is 1. The number of nitrogens with one attached hydrogen (secondary N) is 2. The lowest BCUT2D eigenvalue weighted by Crippen LogP contribution is -2.41. The van der Waals surface area contributed by atoms with Crippen molar-refractivity contribution in [1.29, 1.82) is 5.41 Å². The fourth-order valence-electron chi connectivity index (χ4n) is 4.14. The van der Waals surface area contributed by atoms with E-state index in [9.17, 15) is 4.79 Å². The molecule has 0 aliphatic heterocycles. The van der Waals surface area contributed by atoms with Crippen molar-refractivity contribution < 1.29 is 4.79 Å². The number of carbonyl (C=O) groups excluding carboxylic acids is 1. The minimum atomic E-state index is -0.149. The molecule has 6 N–H and O–H groups in total. The molecule has 8 heteroatoms. The van der Waals surface area contributed by atoms with Crippen LogP contribution < -0.4 is 16.8 Å². The number of amides is 1. The van der Waals surface area contributed by atoms with Crippen molar-refractivity contribution in [3.8, 4) is 0 Å². The van der Waals surface area contributed by atoms with Crippen LogP contribution in [0.25, 0.3) is 10.9 Å². The van der Waals surface area contributed by atoms with E-state index in [0.29, 0.717) is 27.8 Å². The molecule has 1 aliphatic rings. The molecule has 1 saturated carbocycles. The summed E-state index contributed by atoms with van der Waals surface area (Å²) in [5, 5.41) is 12.9.